The molecule has 0 amide bonds. The molecule has 0 saturated heterocycles. The lowest BCUT2D eigenvalue weighted by molar-refractivity contribution is -0.0399. The molecule has 7 aliphatic carbocycles. The van der Waals surface area contributed by atoms with Crippen molar-refractivity contribution in [1.29, 1.82) is 0 Å². The second kappa shape index (κ2) is 16.9. The molecule has 0 N–H and O–H groups in total. The Balaban J connectivity index is 0.924. The number of anilines is 3. The third kappa shape index (κ3) is 6.02. The predicted octanol–water partition coefficient (Wildman–Crippen LogP) is 19.9. The van der Waals surface area contributed by atoms with Gasteiger partial charge in [0.1, 0.15) is 0 Å². The van der Waals surface area contributed by atoms with Gasteiger partial charge < -0.3 is 4.90 Å². The molecule has 7 aliphatic rings. The number of benzene rings is 11. The van der Waals surface area contributed by atoms with E-state index in [1.165, 1.54) is 144 Å². The van der Waals surface area contributed by atoms with Crippen molar-refractivity contribution < 1.29 is 0 Å². The van der Waals surface area contributed by atoms with Crippen LogP contribution in [0.2, 0.25) is 0 Å². The highest BCUT2D eigenvalue weighted by Gasteiger charge is 2.62. The maximum absolute atomic E-state index is 2.68. The number of hydrogen-bond donors (Lipinski definition) is 0. The van der Waals surface area contributed by atoms with Gasteiger partial charge in [0, 0.05) is 22.4 Å². The Morgan fingerprint density at radius 2 is 0.692 bits per heavy atom. The van der Waals surface area contributed by atoms with E-state index in [4.69, 9.17) is 0 Å². The van der Waals surface area contributed by atoms with Gasteiger partial charge in [0.05, 0.1) is 11.1 Å². The first kappa shape index (κ1) is 44.4. The molecule has 0 heterocycles. The molecule has 0 atom stereocenters. The zero-order valence-corrected chi connectivity index (χ0v) is 43.6. The monoisotopic (exact) mass is 995 g/mol. The van der Waals surface area contributed by atoms with Crippen LogP contribution >= 0.6 is 0 Å². The summed E-state index contributed by atoms with van der Waals surface area (Å²) in [5.74, 6) is 3.08. The van der Waals surface area contributed by atoms with E-state index >= 15 is 0 Å². The van der Waals surface area contributed by atoms with Crippen LogP contribution in [0.1, 0.15) is 65.5 Å². The summed E-state index contributed by atoms with van der Waals surface area (Å²) in [6.45, 7) is 0. The van der Waals surface area contributed by atoms with Gasteiger partial charge in [0.25, 0.3) is 0 Å². The van der Waals surface area contributed by atoms with Gasteiger partial charge in [-0.2, -0.15) is 0 Å². The van der Waals surface area contributed by atoms with E-state index in [-0.39, 0.29) is 5.41 Å². The molecule has 0 radical (unpaired) electrons. The van der Waals surface area contributed by atoms with Crippen LogP contribution in [0.25, 0.3) is 77.9 Å². The molecule has 1 nitrogen and oxygen atoms in total. The second-order valence-electron chi connectivity index (χ2n) is 23.4. The fourth-order valence-electron chi connectivity index (χ4n) is 17.3. The Bertz CT molecular complexity index is 4110. The fourth-order valence-corrected chi connectivity index (χ4v) is 17.3. The quantitative estimate of drug-likeness (QED) is 0.154. The lowest BCUT2D eigenvalue weighted by Crippen LogP contribution is -2.55. The van der Waals surface area contributed by atoms with Gasteiger partial charge in [0.2, 0.25) is 0 Å². The van der Waals surface area contributed by atoms with E-state index in [2.05, 4.69) is 266 Å². The summed E-state index contributed by atoms with van der Waals surface area (Å²) in [6.07, 6.45) is 6.85. The first-order valence-corrected chi connectivity index (χ1v) is 28.6. The van der Waals surface area contributed by atoms with Gasteiger partial charge in [-0.25, -0.2) is 0 Å². The zero-order valence-electron chi connectivity index (χ0n) is 43.6. The van der Waals surface area contributed by atoms with Crippen LogP contribution in [0, 0.1) is 23.7 Å². The van der Waals surface area contributed by atoms with Crippen molar-refractivity contribution in [2.75, 3.05) is 4.90 Å². The lowest BCUT2D eigenvalue weighted by Gasteiger charge is -2.61. The SMILES string of the molecule is c1ccc(-c2ccccc2-c2ccccc2N(c2ccc3c(c2)-c2ccccc2C32c3cccc(-c4ccccc4)c3-c3c(-c4ccccc4)cccc32)c2ccc3c(c2)C2(c4ccccc4-3)C3CC4CC(C3)CC2C4)cc1. The standard InChI is InChI=1S/C77H57N/c1-4-20-51(21-5-1)58-26-10-11-27-61(58)65-30-14-17-37-73(65)78(57-38-40-64-62-28-12-15-33-67(62)76(72(64)48-57)54-43-49-42-50(45-54)46-55(76)44-49)56-39-41-69-66(47-56)63-29-13-16-34-68(63)77(69)70-35-18-31-59(52-22-6-2-7-23-52)74(70)75-60(32-19-36-71(75)77)53-24-8-3-9-25-53/h1-41,47-50,54-55H,42-46H2. The van der Waals surface area contributed by atoms with E-state index in [9.17, 15) is 0 Å². The molecule has 2 spiro atoms. The minimum atomic E-state index is -0.548. The van der Waals surface area contributed by atoms with Crippen LogP contribution in [0.3, 0.4) is 0 Å². The third-order valence-corrected chi connectivity index (χ3v) is 19.9. The molecule has 0 aromatic heterocycles. The molecule has 78 heavy (non-hydrogen) atoms. The van der Waals surface area contributed by atoms with E-state index in [0.29, 0.717) is 11.8 Å². The highest BCUT2D eigenvalue weighted by atomic mass is 15.1. The van der Waals surface area contributed by atoms with E-state index in [0.717, 1.165) is 17.5 Å². The van der Waals surface area contributed by atoms with Crippen LogP contribution in [0.5, 0.6) is 0 Å². The average molecular weight is 996 g/mol. The number of rotatable bonds is 7. The molecule has 11 aromatic carbocycles. The van der Waals surface area contributed by atoms with Crippen molar-refractivity contribution >= 4 is 17.1 Å². The molecular weight excluding hydrogens is 939 g/mol. The van der Waals surface area contributed by atoms with Gasteiger partial charge in [-0.1, -0.05) is 231 Å². The highest BCUT2D eigenvalue weighted by molar-refractivity contribution is 6.05. The molecule has 370 valence electrons. The smallest absolute Gasteiger partial charge is 0.0726 e. The predicted molar refractivity (Wildman–Crippen MR) is 322 cm³/mol. The normalized spacial score (nSPS) is 20.7. The number of nitrogens with zero attached hydrogens (tertiary/aromatic N) is 1. The molecule has 1 heteroatoms. The van der Waals surface area contributed by atoms with Gasteiger partial charge in [-0.05, 0) is 192 Å². The molecule has 18 rings (SSSR count). The van der Waals surface area contributed by atoms with Gasteiger partial charge in [-0.3, -0.25) is 0 Å². The van der Waals surface area contributed by atoms with Gasteiger partial charge in [-0.15, -0.1) is 0 Å². The first-order valence-electron chi connectivity index (χ1n) is 28.6. The first-order chi connectivity index (χ1) is 38.7. The Hall–Kier alpha value is -8.78. The maximum atomic E-state index is 2.68. The molecule has 11 aromatic rings. The number of para-hydroxylation sites is 1. The van der Waals surface area contributed by atoms with Crippen molar-refractivity contribution in [2.24, 2.45) is 23.7 Å². The van der Waals surface area contributed by atoms with Crippen molar-refractivity contribution in [3.63, 3.8) is 0 Å². The maximum Gasteiger partial charge on any atom is 0.0726 e. The third-order valence-electron chi connectivity index (χ3n) is 19.9. The van der Waals surface area contributed by atoms with Crippen LogP contribution < -0.4 is 4.90 Å². The summed E-state index contributed by atoms with van der Waals surface area (Å²) in [5.41, 5.74) is 29.6. The summed E-state index contributed by atoms with van der Waals surface area (Å²) in [7, 11) is 0. The summed E-state index contributed by atoms with van der Waals surface area (Å²) in [4.78, 5) is 2.63. The van der Waals surface area contributed by atoms with Crippen LogP contribution in [-0.2, 0) is 10.8 Å². The Morgan fingerprint density at radius 3 is 1.31 bits per heavy atom. The van der Waals surface area contributed by atoms with E-state index in [1.54, 1.807) is 11.1 Å². The van der Waals surface area contributed by atoms with Crippen molar-refractivity contribution in [3.8, 4) is 77.9 Å². The average Bonchev–Trinajstić information content (AvgIpc) is 2.84. The van der Waals surface area contributed by atoms with Crippen LogP contribution in [-0.4, -0.2) is 0 Å². The topological polar surface area (TPSA) is 3.24 Å². The minimum Gasteiger partial charge on any atom is -0.310 e. The Kier molecular flexibility index (Phi) is 9.59. The second-order valence-corrected chi connectivity index (χ2v) is 23.4. The Labute approximate surface area is 458 Å². The molecular formula is C77H57N. The zero-order chi connectivity index (χ0) is 51.1. The van der Waals surface area contributed by atoms with Gasteiger partial charge >= 0.3 is 0 Å². The molecule has 4 bridgehead atoms. The van der Waals surface area contributed by atoms with Crippen molar-refractivity contribution in [1.82, 2.24) is 0 Å². The summed E-state index contributed by atoms with van der Waals surface area (Å²) < 4.78 is 0. The van der Waals surface area contributed by atoms with Crippen LogP contribution in [0.4, 0.5) is 17.1 Å². The summed E-state index contributed by atoms with van der Waals surface area (Å²) in [6, 6.07) is 99.5. The molecule has 4 fully saturated rings. The molecule has 0 unspecified atom stereocenters. The number of hydrogen-bond acceptors (Lipinski definition) is 1. The van der Waals surface area contributed by atoms with Crippen molar-refractivity contribution in [3.05, 3.63) is 294 Å². The molecule has 0 aliphatic heterocycles. The largest absolute Gasteiger partial charge is 0.310 e. The van der Waals surface area contributed by atoms with Gasteiger partial charge in [0.15, 0.2) is 0 Å². The van der Waals surface area contributed by atoms with E-state index < -0.39 is 5.41 Å². The fraction of sp³-hybridized carbons (Fsp3) is 0.143. The summed E-state index contributed by atoms with van der Waals surface area (Å²) in [5, 5.41) is 0. The highest BCUT2D eigenvalue weighted by Crippen LogP contribution is 2.70. The lowest BCUT2D eigenvalue weighted by atomic mass is 9.43. The Morgan fingerprint density at radius 1 is 0.269 bits per heavy atom. The number of fused-ring (bicyclic) bond motifs is 13. The summed E-state index contributed by atoms with van der Waals surface area (Å²) >= 11 is 0. The minimum absolute atomic E-state index is 0.0319. The molecule has 4 saturated carbocycles. The van der Waals surface area contributed by atoms with E-state index in [1.807, 2.05) is 0 Å². The van der Waals surface area contributed by atoms with Crippen molar-refractivity contribution in [2.45, 2.75) is 42.9 Å². The van der Waals surface area contributed by atoms with Crippen LogP contribution in [0.15, 0.2) is 261 Å².